The van der Waals surface area contributed by atoms with E-state index in [1.54, 1.807) is 26.0 Å². The van der Waals surface area contributed by atoms with E-state index in [2.05, 4.69) is 15.0 Å². The summed E-state index contributed by atoms with van der Waals surface area (Å²) in [5, 5.41) is 21.4. The lowest BCUT2D eigenvalue weighted by Gasteiger charge is -2.17. The minimum Gasteiger partial charge on any atom is -0.493 e. The number of pyridine rings is 1. The van der Waals surface area contributed by atoms with Crippen LogP contribution in [0.25, 0.3) is 0 Å². The van der Waals surface area contributed by atoms with Gasteiger partial charge in [-0.1, -0.05) is 24.3 Å². The molecule has 2 aromatic heterocycles. The van der Waals surface area contributed by atoms with Crippen LogP contribution in [0.15, 0.2) is 58.1 Å². The molecule has 0 saturated carbocycles. The fraction of sp³-hybridized carbons (Fsp3) is 0.286. The summed E-state index contributed by atoms with van der Waals surface area (Å²) in [4.78, 5) is 31.0. The van der Waals surface area contributed by atoms with Gasteiger partial charge in [0.2, 0.25) is 5.95 Å². The van der Waals surface area contributed by atoms with E-state index in [9.17, 15) is 23.6 Å². The van der Waals surface area contributed by atoms with Crippen molar-refractivity contribution < 1.29 is 23.5 Å². The first kappa shape index (κ1) is 27.6. The maximum absolute atomic E-state index is 13.7. The van der Waals surface area contributed by atoms with Gasteiger partial charge in [0, 0.05) is 18.5 Å². The lowest BCUT2D eigenvalue weighted by Crippen LogP contribution is -2.43. The Balaban J connectivity index is 1.52. The Morgan fingerprint density at radius 1 is 1.07 bits per heavy atom. The SMILES string of the molecule is Cc1cc(C)n(O)c(=N)c1CNc1nc(=O)n(Cc2ccc3c(c2)CCO3)c(=O)n1Cc1ccc(OC(F)F)cc1. The quantitative estimate of drug-likeness (QED) is 0.265. The van der Waals surface area contributed by atoms with Crippen molar-refractivity contribution in [3.05, 3.63) is 108 Å². The second-order valence-electron chi connectivity index (χ2n) is 9.70. The third-order valence-electron chi connectivity index (χ3n) is 6.89. The number of aromatic nitrogens is 4. The first-order chi connectivity index (χ1) is 19.6. The van der Waals surface area contributed by atoms with Crippen molar-refractivity contribution in [2.75, 3.05) is 11.9 Å². The molecular formula is C28H28F2N6O5. The topological polar surface area (TPSA) is 136 Å². The molecule has 0 fully saturated rings. The van der Waals surface area contributed by atoms with E-state index in [0.29, 0.717) is 23.4 Å². The summed E-state index contributed by atoms with van der Waals surface area (Å²) < 4.78 is 38.1. The third-order valence-corrected chi connectivity index (χ3v) is 6.89. The van der Waals surface area contributed by atoms with E-state index in [0.717, 1.165) is 38.2 Å². The molecule has 1 aliphatic rings. The van der Waals surface area contributed by atoms with E-state index in [1.807, 2.05) is 12.1 Å². The average molecular weight is 567 g/mol. The molecule has 0 amide bonds. The van der Waals surface area contributed by atoms with Gasteiger partial charge in [-0.15, -0.1) is 0 Å². The molecule has 214 valence electrons. The first-order valence-corrected chi connectivity index (χ1v) is 12.8. The number of hydrogen-bond acceptors (Lipinski definition) is 8. The highest BCUT2D eigenvalue weighted by Gasteiger charge is 2.18. The van der Waals surface area contributed by atoms with Crippen LogP contribution in [-0.4, -0.2) is 37.3 Å². The number of halogens is 2. The lowest BCUT2D eigenvalue weighted by molar-refractivity contribution is -0.0498. The van der Waals surface area contributed by atoms with Crippen LogP contribution in [-0.2, 0) is 26.1 Å². The molecule has 0 saturated heterocycles. The molecule has 3 heterocycles. The first-order valence-electron chi connectivity index (χ1n) is 12.8. The van der Waals surface area contributed by atoms with E-state index in [4.69, 9.17) is 10.1 Å². The molecule has 0 atom stereocenters. The Kier molecular flexibility index (Phi) is 7.60. The van der Waals surface area contributed by atoms with Crippen LogP contribution < -0.4 is 31.7 Å². The summed E-state index contributed by atoms with van der Waals surface area (Å²) in [7, 11) is 0. The molecule has 0 unspecified atom stereocenters. The predicted molar refractivity (Wildman–Crippen MR) is 144 cm³/mol. The van der Waals surface area contributed by atoms with Gasteiger partial charge in [0.1, 0.15) is 11.5 Å². The molecule has 41 heavy (non-hydrogen) atoms. The molecule has 0 bridgehead atoms. The van der Waals surface area contributed by atoms with Crippen molar-refractivity contribution in [1.82, 2.24) is 18.8 Å². The van der Waals surface area contributed by atoms with Crippen LogP contribution >= 0.6 is 0 Å². The number of ether oxygens (including phenoxy) is 2. The third kappa shape index (κ3) is 5.83. The van der Waals surface area contributed by atoms with Crippen LogP contribution in [0, 0.1) is 19.3 Å². The second kappa shape index (κ2) is 11.3. The summed E-state index contributed by atoms with van der Waals surface area (Å²) in [5.74, 6) is 0.698. The Bertz CT molecular complexity index is 1780. The molecule has 0 spiro atoms. The average Bonchev–Trinajstić information content (AvgIpc) is 3.40. The predicted octanol–water partition coefficient (Wildman–Crippen LogP) is 2.79. The minimum atomic E-state index is -2.97. The van der Waals surface area contributed by atoms with Gasteiger partial charge in [-0.3, -0.25) is 9.98 Å². The molecule has 4 aromatic rings. The van der Waals surface area contributed by atoms with Gasteiger partial charge in [0.25, 0.3) is 0 Å². The van der Waals surface area contributed by atoms with Gasteiger partial charge in [-0.25, -0.2) is 14.2 Å². The Morgan fingerprint density at radius 2 is 1.78 bits per heavy atom. The fourth-order valence-electron chi connectivity index (χ4n) is 4.77. The van der Waals surface area contributed by atoms with Crippen molar-refractivity contribution >= 4 is 5.95 Å². The summed E-state index contributed by atoms with van der Waals surface area (Å²) in [5.41, 5.74) is 2.39. The van der Waals surface area contributed by atoms with E-state index in [1.165, 1.54) is 28.8 Å². The Labute approximate surface area is 232 Å². The number of fused-ring (bicyclic) bond motifs is 1. The summed E-state index contributed by atoms with van der Waals surface area (Å²) in [6.07, 6.45) is 0.735. The molecule has 0 radical (unpaired) electrons. The monoisotopic (exact) mass is 566 g/mol. The van der Waals surface area contributed by atoms with Crippen LogP contribution in [0.2, 0.25) is 0 Å². The van der Waals surface area contributed by atoms with Gasteiger partial charge < -0.3 is 20.0 Å². The molecule has 5 rings (SSSR count). The zero-order valence-corrected chi connectivity index (χ0v) is 22.4. The fourth-order valence-corrected chi connectivity index (χ4v) is 4.77. The van der Waals surface area contributed by atoms with Gasteiger partial charge in [0.05, 0.1) is 25.4 Å². The van der Waals surface area contributed by atoms with Crippen LogP contribution in [0.3, 0.4) is 0 Å². The Hall–Kier alpha value is -4.94. The van der Waals surface area contributed by atoms with Crippen molar-refractivity contribution in [3.8, 4) is 11.5 Å². The number of aryl methyl sites for hydroxylation is 2. The van der Waals surface area contributed by atoms with Crippen LogP contribution in [0.1, 0.15) is 33.5 Å². The molecular weight excluding hydrogens is 538 g/mol. The van der Waals surface area contributed by atoms with Crippen molar-refractivity contribution in [1.29, 1.82) is 5.41 Å². The number of alkyl halides is 2. The number of benzene rings is 2. The highest BCUT2D eigenvalue weighted by atomic mass is 19.3. The largest absolute Gasteiger partial charge is 0.493 e. The van der Waals surface area contributed by atoms with Gasteiger partial charge in [-0.2, -0.15) is 18.5 Å². The Morgan fingerprint density at radius 3 is 2.51 bits per heavy atom. The highest BCUT2D eigenvalue weighted by Crippen LogP contribution is 2.26. The van der Waals surface area contributed by atoms with Gasteiger partial charge >= 0.3 is 18.0 Å². The lowest BCUT2D eigenvalue weighted by atomic mass is 10.1. The summed E-state index contributed by atoms with van der Waals surface area (Å²) in [6, 6.07) is 13.0. The standard InChI is InChI=1S/C28H28F2N6O5/c1-16-11-17(2)36(39)24(31)22(16)13-32-26-33-27(37)35(15-19-5-8-23-20(12-19)9-10-40-23)28(38)34(26)14-18-3-6-21(7-4-18)41-25(29)30/h3-8,11-12,25,31,39H,9-10,13-15H2,1-2H3,(H,32,33,37). The number of anilines is 1. The molecule has 0 aliphatic carbocycles. The van der Waals surface area contributed by atoms with Crippen molar-refractivity contribution in [3.63, 3.8) is 0 Å². The smallest absolute Gasteiger partial charge is 0.387 e. The van der Waals surface area contributed by atoms with E-state index >= 15 is 0 Å². The molecule has 3 N–H and O–H groups in total. The van der Waals surface area contributed by atoms with E-state index < -0.39 is 18.0 Å². The highest BCUT2D eigenvalue weighted by molar-refractivity contribution is 5.40. The normalized spacial score (nSPS) is 12.3. The minimum absolute atomic E-state index is 0.00656. The van der Waals surface area contributed by atoms with Crippen LogP contribution in [0.5, 0.6) is 11.5 Å². The second-order valence-corrected chi connectivity index (χ2v) is 9.70. The molecule has 13 heteroatoms. The zero-order chi connectivity index (χ0) is 29.3. The number of rotatable bonds is 9. The maximum atomic E-state index is 13.7. The van der Waals surface area contributed by atoms with Gasteiger partial charge in [-0.05, 0) is 60.4 Å². The summed E-state index contributed by atoms with van der Waals surface area (Å²) >= 11 is 0. The summed E-state index contributed by atoms with van der Waals surface area (Å²) in [6.45, 7) is 0.985. The molecule has 1 aliphatic heterocycles. The maximum Gasteiger partial charge on any atom is 0.387 e. The van der Waals surface area contributed by atoms with Crippen LogP contribution in [0.4, 0.5) is 14.7 Å². The number of nitrogens with zero attached hydrogens (tertiary/aromatic N) is 4. The molecule has 2 aromatic carbocycles. The van der Waals surface area contributed by atoms with Gasteiger partial charge in [0.15, 0.2) is 5.49 Å². The number of nitrogens with one attached hydrogen (secondary N) is 2. The van der Waals surface area contributed by atoms with Crippen molar-refractivity contribution in [2.45, 2.75) is 46.5 Å². The zero-order valence-electron chi connectivity index (χ0n) is 22.4. The number of hydrogen-bond donors (Lipinski definition) is 3. The van der Waals surface area contributed by atoms with Crippen molar-refractivity contribution in [2.24, 2.45) is 0 Å². The van der Waals surface area contributed by atoms with E-state index in [-0.39, 0.29) is 36.8 Å². The molecule has 11 nitrogen and oxygen atoms in total.